The Kier molecular flexibility index (Phi) is 3.81. The first-order chi connectivity index (χ1) is 5.33. The first-order valence-electron chi connectivity index (χ1n) is 3.57. The van der Waals surface area contributed by atoms with Gasteiger partial charge in [-0.15, -0.1) is 11.8 Å². The molecule has 2 heteroatoms. The quantitative estimate of drug-likeness (QED) is 0.642. The minimum Gasteiger partial charge on any atom is -0.122 e. The van der Waals surface area contributed by atoms with Gasteiger partial charge in [-0.3, -0.25) is 0 Å². The van der Waals surface area contributed by atoms with Crippen LogP contribution in [-0.2, 0) is 0 Å². The maximum Gasteiger partial charge on any atom is 0.0406 e. The van der Waals surface area contributed by atoms with Crippen LogP contribution >= 0.6 is 23.4 Å². The van der Waals surface area contributed by atoms with Crippen LogP contribution < -0.4 is 0 Å². The molecule has 1 aromatic carbocycles. The second-order valence-corrected chi connectivity index (χ2v) is 3.62. The van der Waals surface area contributed by atoms with E-state index in [4.69, 9.17) is 11.6 Å². The fourth-order valence-electron chi connectivity index (χ4n) is 0.693. The van der Waals surface area contributed by atoms with Gasteiger partial charge in [0.15, 0.2) is 0 Å². The standard InChI is InChI=1S/C9H10ClS/c1-2-7-11-9-5-3-8(10)4-6-9/h3-7H,2H2,1H3. The molecule has 1 aromatic rings. The molecule has 0 aliphatic heterocycles. The second kappa shape index (κ2) is 4.68. The minimum atomic E-state index is 0.797. The summed E-state index contributed by atoms with van der Waals surface area (Å²) in [6, 6.07) is 7.87. The number of thioether (sulfide) groups is 1. The number of hydrogen-bond acceptors (Lipinski definition) is 1. The Morgan fingerprint density at radius 2 is 2.00 bits per heavy atom. The number of rotatable bonds is 3. The van der Waals surface area contributed by atoms with Crippen LogP contribution in [0.3, 0.4) is 0 Å². The predicted octanol–water partition coefficient (Wildman–Crippen LogP) is 4.00. The van der Waals surface area contributed by atoms with Crippen molar-refractivity contribution in [3.63, 3.8) is 0 Å². The molecule has 0 aliphatic rings. The van der Waals surface area contributed by atoms with E-state index in [1.54, 1.807) is 11.8 Å². The summed E-state index contributed by atoms with van der Waals surface area (Å²) in [4.78, 5) is 1.25. The lowest BCUT2D eigenvalue weighted by atomic mass is 10.4. The summed E-state index contributed by atoms with van der Waals surface area (Å²) in [6.45, 7) is 2.13. The number of benzene rings is 1. The Labute approximate surface area is 77.0 Å². The molecule has 0 aromatic heterocycles. The van der Waals surface area contributed by atoms with Crippen LogP contribution in [0.5, 0.6) is 0 Å². The SMILES string of the molecule is CC[CH]Sc1ccc(Cl)cc1. The Balaban J connectivity index is 2.52. The van der Waals surface area contributed by atoms with Crippen LogP contribution in [0.25, 0.3) is 0 Å². The van der Waals surface area contributed by atoms with E-state index < -0.39 is 0 Å². The van der Waals surface area contributed by atoms with E-state index in [1.807, 2.05) is 24.3 Å². The van der Waals surface area contributed by atoms with E-state index in [1.165, 1.54) is 4.90 Å². The highest BCUT2D eigenvalue weighted by molar-refractivity contribution is 8.01. The van der Waals surface area contributed by atoms with Crippen molar-refractivity contribution in [3.05, 3.63) is 35.0 Å². The summed E-state index contributed by atoms with van der Waals surface area (Å²) < 4.78 is 0. The van der Waals surface area contributed by atoms with Crippen LogP contribution in [0.15, 0.2) is 29.2 Å². The maximum atomic E-state index is 5.73. The third-order valence-electron chi connectivity index (χ3n) is 1.20. The summed E-state index contributed by atoms with van der Waals surface area (Å²) in [5, 5.41) is 0.797. The van der Waals surface area contributed by atoms with Gasteiger partial charge >= 0.3 is 0 Å². The van der Waals surface area contributed by atoms with Crippen LogP contribution in [0, 0.1) is 5.75 Å². The highest BCUT2D eigenvalue weighted by atomic mass is 35.5. The second-order valence-electron chi connectivity index (χ2n) is 2.15. The molecular weight excluding hydrogens is 176 g/mol. The van der Waals surface area contributed by atoms with Crippen molar-refractivity contribution < 1.29 is 0 Å². The molecular formula is C9H10ClS. The largest absolute Gasteiger partial charge is 0.122 e. The third kappa shape index (κ3) is 3.17. The molecule has 1 radical (unpaired) electrons. The molecule has 0 aliphatic carbocycles. The molecule has 0 atom stereocenters. The first kappa shape index (κ1) is 8.95. The predicted molar refractivity (Wildman–Crippen MR) is 51.9 cm³/mol. The lowest BCUT2D eigenvalue weighted by Crippen LogP contribution is -1.69. The smallest absolute Gasteiger partial charge is 0.0406 e. The fraction of sp³-hybridized carbons (Fsp3) is 0.222. The third-order valence-corrected chi connectivity index (χ3v) is 2.50. The molecule has 11 heavy (non-hydrogen) atoms. The molecule has 0 nitrogen and oxygen atoms in total. The van der Waals surface area contributed by atoms with E-state index in [-0.39, 0.29) is 0 Å². The Hall–Kier alpha value is -0.140. The summed E-state index contributed by atoms with van der Waals surface area (Å²) in [5.41, 5.74) is 0. The normalized spacial score (nSPS) is 10.0. The van der Waals surface area contributed by atoms with Gasteiger partial charge in [0, 0.05) is 15.7 Å². The lowest BCUT2D eigenvalue weighted by molar-refractivity contribution is 1.20. The molecule has 0 fully saturated rings. The Morgan fingerprint density at radius 3 is 2.55 bits per heavy atom. The average Bonchev–Trinajstić information content (AvgIpc) is 2.04. The summed E-state index contributed by atoms with van der Waals surface area (Å²) in [5.74, 6) is 2.17. The summed E-state index contributed by atoms with van der Waals surface area (Å²) in [7, 11) is 0. The van der Waals surface area contributed by atoms with Gasteiger partial charge in [-0.05, 0) is 30.7 Å². The van der Waals surface area contributed by atoms with Gasteiger partial charge in [0.25, 0.3) is 0 Å². The average molecular weight is 186 g/mol. The molecule has 0 spiro atoms. The van der Waals surface area contributed by atoms with Crippen molar-refractivity contribution in [1.82, 2.24) is 0 Å². The van der Waals surface area contributed by atoms with Crippen molar-refractivity contribution in [3.8, 4) is 0 Å². The molecule has 0 N–H and O–H groups in total. The van der Waals surface area contributed by atoms with Crippen molar-refractivity contribution in [2.24, 2.45) is 0 Å². The van der Waals surface area contributed by atoms with Crippen LogP contribution in [0.1, 0.15) is 13.3 Å². The minimum absolute atomic E-state index is 0.797. The molecule has 59 valence electrons. The Bertz CT molecular complexity index is 205. The fourth-order valence-corrected chi connectivity index (χ4v) is 1.47. The topological polar surface area (TPSA) is 0 Å². The molecule has 0 saturated heterocycles. The van der Waals surface area contributed by atoms with Gasteiger partial charge < -0.3 is 0 Å². The molecule has 0 amide bonds. The van der Waals surface area contributed by atoms with Crippen LogP contribution in [-0.4, -0.2) is 0 Å². The van der Waals surface area contributed by atoms with Gasteiger partial charge in [-0.25, -0.2) is 0 Å². The lowest BCUT2D eigenvalue weighted by Gasteiger charge is -1.97. The molecule has 0 heterocycles. The van der Waals surface area contributed by atoms with Crippen molar-refractivity contribution in [1.29, 1.82) is 0 Å². The zero-order chi connectivity index (χ0) is 8.10. The zero-order valence-corrected chi connectivity index (χ0v) is 7.95. The Morgan fingerprint density at radius 1 is 1.36 bits per heavy atom. The number of halogens is 1. The van der Waals surface area contributed by atoms with Crippen molar-refractivity contribution in [2.45, 2.75) is 18.2 Å². The molecule has 0 saturated carbocycles. The van der Waals surface area contributed by atoms with Gasteiger partial charge in [0.2, 0.25) is 0 Å². The van der Waals surface area contributed by atoms with E-state index in [0.29, 0.717) is 0 Å². The molecule has 0 bridgehead atoms. The van der Waals surface area contributed by atoms with E-state index in [9.17, 15) is 0 Å². The molecule has 1 rings (SSSR count). The summed E-state index contributed by atoms with van der Waals surface area (Å²) >= 11 is 7.47. The van der Waals surface area contributed by atoms with Crippen LogP contribution in [0.2, 0.25) is 5.02 Å². The monoisotopic (exact) mass is 185 g/mol. The highest BCUT2D eigenvalue weighted by Crippen LogP contribution is 2.23. The van der Waals surface area contributed by atoms with Gasteiger partial charge in [-0.1, -0.05) is 18.5 Å². The zero-order valence-electron chi connectivity index (χ0n) is 6.38. The number of hydrogen-bond donors (Lipinski definition) is 0. The van der Waals surface area contributed by atoms with E-state index in [0.717, 1.165) is 11.4 Å². The van der Waals surface area contributed by atoms with Crippen molar-refractivity contribution in [2.75, 3.05) is 0 Å². The van der Waals surface area contributed by atoms with Crippen molar-refractivity contribution >= 4 is 23.4 Å². The maximum absolute atomic E-state index is 5.73. The molecule has 0 unspecified atom stereocenters. The van der Waals surface area contributed by atoms with Gasteiger partial charge in [0.1, 0.15) is 0 Å². The van der Waals surface area contributed by atoms with Crippen LogP contribution in [0.4, 0.5) is 0 Å². The van der Waals surface area contributed by atoms with Gasteiger partial charge in [0.05, 0.1) is 0 Å². The van der Waals surface area contributed by atoms with Gasteiger partial charge in [-0.2, -0.15) is 0 Å². The van der Waals surface area contributed by atoms with E-state index in [2.05, 4.69) is 12.7 Å². The van der Waals surface area contributed by atoms with E-state index >= 15 is 0 Å². The summed E-state index contributed by atoms with van der Waals surface area (Å²) in [6.07, 6.45) is 1.09. The highest BCUT2D eigenvalue weighted by Gasteiger charge is 1.91. The first-order valence-corrected chi connectivity index (χ1v) is 4.82.